The fourth-order valence-corrected chi connectivity index (χ4v) is 5.35. The molecule has 0 unspecified atom stereocenters. The van der Waals surface area contributed by atoms with E-state index in [0.29, 0.717) is 6.61 Å². The van der Waals surface area contributed by atoms with Crippen molar-refractivity contribution < 1.29 is 9.53 Å². The number of rotatable bonds is 6. The molecule has 2 atom stereocenters. The molecule has 4 nitrogen and oxygen atoms in total. The molecule has 2 aromatic heterocycles. The minimum absolute atomic E-state index is 0.155. The van der Waals surface area contributed by atoms with Gasteiger partial charge in [0.25, 0.3) is 0 Å². The van der Waals surface area contributed by atoms with Crippen LogP contribution in [0.4, 0.5) is 0 Å². The molecular formula is C18H24N2O2S2. The van der Waals surface area contributed by atoms with Gasteiger partial charge >= 0.3 is 5.97 Å². The highest BCUT2D eigenvalue weighted by atomic mass is 32.2. The molecule has 1 aliphatic rings. The quantitative estimate of drug-likeness (QED) is 0.323. The Morgan fingerprint density at radius 3 is 3.12 bits per heavy atom. The number of esters is 1. The Kier molecular flexibility index (Phi) is 5.76. The Morgan fingerprint density at radius 2 is 2.33 bits per heavy atom. The van der Waals surface area contributed by atoms with Gasteiger partial charge in [0.15, 0.2) is 0 Å². The van der Waals surface area contributed by atoms with Gasteiger partial charge in [0.05, 0.1) is 6.61 Å². The largest absolute Gasteiger partial charge is 0.465 e. The Labute approximate surface area is 151 Å². The lowest BCUT2D eigenvalue weighted by Gasteiger charge is -2.18. The average molecular weight is 365 g/mol. The van der Waals surface area contributed by atoms with E-state index >= 15 is 0 Å². The predicted molar refractivity (Wildman–Crippen MR) is 99.8 cm³/mol. The van der Waals surface area contributed by atoms with Gasteiger partial charge in [-0.1, -0.05) is 32.0 Å². The molecule has 1 aliphatic carbocycles. The third-order valence-corrected chi connectivity index (χ3v) is 6.66. The molecule has 0 saturated heterocycles. The van der Waals surface area contributed by atoms with Crippen LogP contribution in [-0.4, -0.2) is 27.8 Å². The summed E-state index contributed by atoms with van der Waals surface area (Å²) >= 11 is 3.29. The molecule has 0 N–H and O–H groups in total. The van der Waals surface area contributed by atoms with E-state index in [2.05, 4.69) is 23.8 Å². The van der Waals surface area contributed by atoms with Gasteiger partial charge in [-0.2, -0.15) is 0 Å². The molecule has 3 rings (SSSR count). The fraction of sp³-hybridized carbons (Fsp3) is 0.611. The summed E-state index contributed by atoms with van der Waals surface area (Å²) in [6.07, 6.45) is 7.00. The van der Waals surface area contributed by atoms with Gasteiger partial charge in [0, 0.05) is 10.3 Å². The molecular weight excluding hydrogens is 340 g/mol. The zero-order valence-electron chi connectivity index (χ0n) is 14.5. The summed E-state index contributed by atoms with van der Waals surface area (Å²) in [6.45, 7) is 6.80. The van der Waals surface area contributed by atoms with Crippen LogP contribution in [0.5, 0.6) is 0 Å². The maximum absolute atomic E-state index is 12.1. The van der Waals surface area contributed by atoms with E-state index in [1.165, 1.54) is 34.0 Å². The van der Waals surface area contributed by atoms with Crippen molar-refractivity contribution in [3.8, 4) is 0 Å². The van der Waals surface area contributed by atoms with Gasteiger partial charge in [-0.25, -0.2) is 9.97 Å². The van der Waals surface area contributed by atoms with Gasteiger partial charge in [-0.15, -0.1) is 11.3 Å². The second kappa shape index (κ2) is 7.83. The van der Waals surface area contributed by atoms with Gasteiger partial charge in [-0.3, -0.25) is 4.79 Å². The van der Waals surface area contributed by atoms with Crippen LogP contribution in [0.15, 0.2) is 11.4 Å². The maximum Gasteiger partial charge on any atom is 0.319 e. The number of aromatic nitrogens is 2. The van der Waals surface area contributed by atoms with Crippen molar-refractivity contribution in [2.24, 2.45) is 5.92 Å². The first-order chi connectivity index (χ1) is 11.6. The third-order valence-electron chi connectivity index (χ3n) is 4.42. The van der Waals surface area contributed by atoms with Gasteiger partial charge in [-0.05, 0) is 44.1 Å². The Bertz CT molecular complexity index is 729. The first-order valence-corrected chi connectivity index (χ1v) is 10.4. The van der Waals surface area contributed by atoms with Crippen molar-refractivity contribution >= 4 is 39.3 Å². The van der Waals surface area contributed by atoms with Crippen LogP contribution in [0, 0.1) is 5.92 Å². The van der Waals surface area contributed by atoms with E-state index in [-0.39, 0.29) is 11.2 Å². The molecule has 0 amide bonds. The lowest BCUT2D eigenvalue weighted by atomic mass is 9.89. The van der Waals surface area contributed by atoms with Crippen molar-refractivity contribution in [2.75, 3.05) is 6.61 Å². The second-order valence-corrected chi connectivity index (χ2v) is 8.90. The summed E-state index contributed by atoms with van der Waals surface area (Å²) in [5.74, 6) is 0.583. The van der Waals surface area contributed by atoms with Crippen molar-refractivity contribution in [1.82, 2.24) is 9.97 Å². The van der Waals surface area contributed by atoms with Crippen LogP contribution >= 0.6 is 23.1 Å². The number of carbonyl (C=O) groups excluding carboxylic acids is 1. The van der Waals surface area contributed by atoms with Gasteiger partial charge < -0.3 is 4.74 Å². The lowest BCUT2D eigenvalue weighted by Crippen LogP contribution is -2.17. The van der Waals surface area contributed by atoms with Crippen LogP contribution in [0.1, 0.15) is 50.5 Å². The highest BCUT2D eigenvalue weighted by molar-refractivity contribution is 8.00. The topological polar surface area (TPSA) is 52.1 Å². The Balaban J connectivity index is 1.81. The third kappa shape index (κ3) is 3.75. The van der Waals surface area contributed by atoms with Crippen molar-refractivity contribution in [2.45, 2.75) is 63.2 Å². The fourth-order valence-electron chi connectivity index (χ4n) is 2.99. The number of carbonyl (C=O) groups is 1. The maximum atomic E-state index is 12.1. The van der Waals surface area contributed by atoms with E-state index in [1.807, 2.05) is 6.92 Å². The number of unbranched alkanes of at least 4 members (excludes halogenated alkanes) is 1. The molecule has 2 heterocycles. The molecule has 0 bridgehead atoms. The van der Waals surface area contributed by atoms with Crippen LogP contribution in [0.3, 0.4) is 0 Å². The number of hydrogen-bond acceptors (Lipinski definition) is 6. The molecule has 0 aromatic carbocycles. The van der Waals surface area contributed by atoms with Crippen LogP contribution in [0.2, 0.25) is 0 Å². The summed E-state index contributed by atoms with van der Waals surface area (Å²) < 4.78 is 5.34. The normalized spacial score (nSPS) is 18.4. The summed E-state index contributed by atoms with van der Waals surface area (Å²) in [4.78, 5) is 23.6. The molecule has 0 radical (unpaired) electrons. The molecule has 0 saturated carbocycles. The first-order valence-electron chi connectivity index (χ1n) is 8.68. The van der Waals surface area contributed by atoms with E-state index < -0.39 is 0 Å². The van der Waals surface area contributed by atoms with Crippen LogP contribution < -0.4 is 0 Å². The zero-order valence-corrected chi connectivity index (χ0v) is 16.1. The van der Waals surface area contributed by atoms with Crippen molar-refractivity contribution in [3.63, 3.8) is 0 Å². The minimum Gasteiger partial charge on any atom is -0.465 e. The number of fused-ring (bicyclic) bond motifs is 3. The van der Waals surface area contributed by atoms with Crippen LogP contribution in [0.25, 0.3) is 10.2 Å². The summed E-state index contributed by atoms with van der Waals surface area (Å²) in [5, 5.41) is 1.84. The SMILES string of the molecule is CCCCOC(=O)[C@H](C)Sc1ncnc2sc3c(c12)CC[C@@H](C)C3. The molecule has 2 aromatic rings. The number of aryl methyl sites for hydroxylation is 1. The number of nitrogens with zero attached hydrogens (tertiary/aromatic N) is 2. The standard InChI is InChI=1S/C18H24N2O2S2/c1-4-5-8-22-18(21)12(3)23-16-15-13-7-6-11(2)9-14(13)24-17(15)20-10-19-16/h10-12H,4-9H2,1-3H3/t11-,12+/m1/s1. The number of hydrogen-bond donors (Lipinski definition) is 0. The first kappa shape index (κ1) is 17.7. The van der Waals surface area contributed by atoms with Crippen molar-refractivity contribution in [3.05, 3.63) is 16.8 Å². The van der Waals surface area contributed by atoms with Gasteiger partial charge in [0.1, 0.15) is 21.4 Å². The molecule has 130 valence electrons. The smallest absolute Gasteiger partial charge is 0.319 e. The van der Waals surface area contributed by atoms with E-state index in [1.54, 1.807) is 17.7 Å². The lowest BCUT2D eigenvalue weighted by molar-refractivity contribution is -0.142. The van der Waals surface area contributed by atoms with E-state index in [9.17, 15) is 4.79 Å². The monoisotopic (exact) mass is 364 g/mol. The predicted octanol–water partition coefficient (Wildman–Crippen LogP) is 4.64. The average Bonchev–Trinajstić information content (AvgIpc) is 2.93. The molecule has 24 heavy (non-hydrogen) atoms. The highest BCUT2D eigenvalue weighted by Gasteiger charge is 2.25. The molecule has 0 aliphatic heterocycles. The summed E-state index contributed by atoms with van der Waals surface area (Å²) in [5.41, 5.74) is 1.41. The van der Waals surface area contributed by atoms with Crippen molar-refractivity contribution in [1.29, 1.82) is 0 Å². The Hall–Kier alpha value is -1.14. The molecule has 0 spiro atoms. The van der Waals surface area contributed by atoms with E-state index in [0.717, 1.165) is 41.5 Å². The second-order valence-electron chi connectivity index (χ2n) is 6.49. The Morgan fingerprint density at radius 1 is 1.50 bits per heavy atom. The number of thiophene rings is 1. The van der Waals surface area contributed by atoms with Gasteiger partial charge in [0.2, 0.25) is 0 Å². The van der Waals surface area contributed by atoms with E-state index in [4.69, 9.17) is 4.74 Å². The summed E-state index contributed by atoms with van der Waals surface area (Å²) in [7, 11) is 0. The highest BCUT2D eigenvalue weighted by Crippen LogP contribution is 2.41. The molecule has 6 heteroatoms. The number of ether oxygens (including phenoxy) is 1. The number of thioether (sulfide) groups is 1. The summed E-state index contributed by atoms with van der Waals surface area (Å²) in [6, 6.07) is 0. The zero-order chi connectivity index (χ0) is 17.1. The van der Waals surface area contributed by atoms with Crippen LogP contribution in [-0.2, 0) is 22.4 Å². The molecule has 0 fully saturated rings. The minimum atomic E-state index is -0.252.